The molecular formula is C10H23N3O. The van der Waals surface area contributed by atoms with E-state index in [0.717, 1.165) is 25.8 Å². The molecule has 0 rings (SSSR count). The molecule has 1 unspecified atom stereocenters. The Labute approximate surface area is 87.0 Å². The molecule has 0 aromatic heterocycles. The van der Waals surface area contributed by atoms with Gasteiger partial charge in [-0.25, -0.2) is 10.4 Å². The van der Waals surface area contributed by atoms with Crippen molar-refractivity contribution in [3.05, 3.63) is 0 Å². The van der Waals surface area contributed by atoms with Gasteiger partial charge in [-0.1, -0.05) is 20.8 Å². The first kappa shape index (κ1) is 13.4. The fraction of sp³-hybridized carbons (Fsp3) is 0.900. The zero-order valence-electron chi connectivity index (χ0n) is 9.71. The van der Waals surface area contributed by atoms with E-state index >= 15 is 0 Å². The smallest absolute Gasteiger partial charge is 0.208 e. The first-order valence-electron chi connectivity index (χ1n) is 5.27. The second kappa shape index (κ2) is 7.76. The molecule has 2 N–H and O–H groups in total. The molecule has 4 heteroatoms. The van der Waals surface area contributed by atoms with E-state index in [1.807, 2.05) is 12.1 Å². The summed E-state index contributed by atoms with van der Waals surface area (Å²) in [6.45, 7) is 7.34. The van der Waals surface area contributed by atoms with Crippen LogP contribution in [0.4, 0.5) is 0 Å². The van der Waals surface area contributed by atoms with Gasteiger partial charge in [0.25, 0.3) is 0 Å². The maximum Gasteiger partial charge on any atom is 0.208 e. The maximum atomic E-state index is 10.4. The van der Waals surface area contributed by atoms with Crippen LogP contribution >= 0.6 is 0 Å². The monoisotopic (exact) mass is 201 g/mol. The summed E-state index contributed by atoms with van der Waals surface area (Å²) in [5.74, 6) is 0.666. The number of carbonyl (C=O) groups is 1. The third-order valence-electron chi connectivity index (χ3n) is 2.15. The second-order valence-electron chi connectivity index (χ2n) is 3.95. The van der Waals surface area contributed by atoms with Crippen LogP contribution in [0.1, 0.15) is 33.6 Å². The molecule has 0 saturated heterocycles. The normalized spacial score (nSPS) is 13.3. The van der Waals surface area contributed by atoms with Crippen LogP contribution in [0.2, 0.25) is 0 Å². The summed E-state index contributed by atoms with van der Waals surface area (Å²) in [5, 5.41) is 4.74. The molecule has 1 amide bonds. The molecule has 0 bridgehead atoms. The van der Waals surface area contributed by atoms with E-state index in [2.05, 4.69) is 31.5 Å². The fourth-order valence-electron chi connectivity index (χ4n) is 1.12. The Morgan fingerprint density at radius 3 is 2.43 bits per heavy atom. The molecule has 0 radical (unpaired) electrons. The zero-order chi connectivity index (χ0) is 11.0. The minimum atomic E-state index is 0.0554. The molecule has 0 aliphatic carbocycles. The predicted molar refractivity (Wildman–Crippen MR) is 58.5 cm³/mol. The summed E-state index contributed by atoms with van der Waals surface area (Å²) < 4.78 is 0. The largest absolute Gasteiger partial charge is 0.342 e. The minimum Gasteiger partial charge on any atom is -0.342 e. The van der Waals surface area contributed by atoms with Gasteiger partial charge in [-0.3, -0.25) is 4.79 Å². The molecular weight excluding hydrogens is 178 g/mol. The van der Waals surface area contributed by atoms with Crippen LogP contribution in [0.25, 0.3) is 0 Å². The van der Waals surface area contributed by atoms with Gasteiger partial charge in [0.1, 0.15) is 0 Å². The Morgan fingerprint density at radius 2 is 2.00 bits per heavy atom. The Kier molecular flexibility index (Phi) is 7.42. The molecule has 0 aromatic carbocycles. The van der Waals surface area contributed by atoms with E-state index in [4.69, 9.17) is 0 Å². The number of nitrogens with one attached hydrogen (secondary N) is 2. The SMILES string of the molecule is CCN(C)NC(CCC(C)C)NC=O. The van der Waals surface area contributed by atoms with Gasteiger partial charge in [0, 0.05) is 13.6 Å². The van der Waals surface area contributed by atoms with Crippen molar-refractivity contribution in [2.45, 2.75) is 39.8 Å². The van der Waals surface area contributed by atoms with Crippen molar-refractivity contribution in [1.82, 2.24) is 15.8 Å². The molecule has 0 heterocycles. The van der Waals surface area contributed by atoms with Crippen LogP contribution in [0, 0.1) is 5.92 Å². The predicted octanol–water partition coefficient (Wildman–Crippen LogP) is 0.951. The summed E-state index contributed by atoms with van der Waals surface area (Å²) in [7, 11) is 1.97. The van der Waals surface area contributed by atoms with Gasteiger partial charge in [0.15, 0.2) is 0 Å². The highest BCUT2D eigenvalue weighted by molar-refractivity contribution is 5.46. The summed E-state index contributed by atoms with van der Waals surface area (Å²) >= 11 is 0. The number of carbonyl (C=O) groups excluding carboxylic acids is 1. The van der Waals surface area contributed by atoms with Crippen molar-refractivity contribution in [3.63, 3.8) is 0 Å². The molecule has 0 aromatic rings. The number of amides is 1. The third-order valence-corrected chi connectivity index (χ3v) is 2.15. The molecule has 0 aliphatic heterocycles. The number of hydrogen-bond donors (Lipinski definition) is 2. The number of rotatable bonds is 8. The van der Waals surface area contributed by atoms with E-state index in [9.17, 15) is 4.79 Å². The van der Waals surface area contributed by atoms with Gasteiger partial charge in [-0.05, 0) is 18.8 Å². The number of hydrazine groups is 1. The molecule has 0 spiro atoms. The fourth-order valence-corrected chi connectivity index (χ4v) is 1.12. The van der Waals surface area contributed by atoms with Crippen LogP contribution in [0.3, 0.4) is 0 Å². The van der Waals surface area contributed by atoms with Crippen molar-refractivity contribution < 1.29 is 4.79 Å². The molecule has 84 valence electrons. The second-order valence-corrected chi connectivity index (χ2v) is 3.95. The average molecular weight is 201 g/mol. The van der Waals surface area contributed by atoms with Crippen molar-refractivity contribution >= 4 is 6.41 Å². The highest BCUT2D eigenvalue weighted by atomic mass is 16.1. The molecule has 0 aliphatic rings. The van der Waals surface area contributed by atoms with Crippen molar-refractivity contribution in [2.24, 2.45) is 5.92 Å². The first-order valence-corrected chi connectivity index (χ1v) is 5.27. The lowest BCUT2D eigenvalue weighted by Crippen LogP contribution is -2.49. The highest BCUT2D eigenvalue weighted by Gasteiger charge is 2.08. The molecule has 14 heavy (non-hydrogen) atoms. The molecule has 0 fully saturated rings. The molecule has 4 nitrogen and oxygen atoms in total. The van der Waals surface area contributed by atoms with Gasteiger partial charge in [0.05, 0.1) is 6.17 Å². The Morgan fingerprint density at radius 1 is 1.36 bits per heavy atom. The Bertz CT molecular complexity index is 150. The maximum absolute atomic E-state index is 10.4. The molecule has 0 saturated carbocycles. The van der Waals surface area contributed by atoms with E-state index in [1.54, 1.807) is 0 Å². The van der Waals surface area contributed by atoms with Crippen LogP contribution < -0.4 is 10.7 Å². The number of nitrogens with zero attached hydrogens (tertiary/aromatic N) is 1. The molecule has 1 atom stereocenters. The quantitative estimate of drug-likeness (QED) is 0.349. The standard InChI is InChI=1S/C10H23N3O/c1-5-13(4)12-10(11-8-14)7-6-9(2)3/h8-10,12H,5-7H2,1-4H3,(H,11,14). The van der Waals surface area contributed by atoms with Gasteiger partial charge >= 0.3 is 0 Å². The topological polar surface area (TPSA) is 44.4 Å². The van der Waals surface area contributed by atoms with E-state index in [1.165, 1.54) is 0 Å². The minimum absolute atomic E-state index is 0.0554. The summed E-state index contributed by atoms with van der Waals surface area (Å²) in [5.41, 5.74) is 3.21. The van der Waals surface area contributed by atoms with Crippen LogP contribution in [0.5, 0.6) is 0 Å². The Balaban J connectivity index is 3.82. The van der Waals surface area contributed by atoms with E-state index < -0.39 is 0 Å². The van der Waals surface area contributed by atoms with Crippen LogP contribution in [-0.4, -0.2) is 31.2 Å². The summed E-state index contributed by atoms with van der Waals surface area (Å²) in [6.07, 6.45) is 2.87. The van der Waals surface area contributed by atoms with Crippen molar-refractivity contribution in [3.8, 4) is 0 Å². The van der Waals surface area contributed by atoms with Crippen molar-refractivity contribution in [2.75, 3.05) is 13.6 Å². The first-order chi connectivity index (χ1) is 6.60. The van der Waals surface area contributed by atoms with Gasteiger partial charge in [-0.15, -0.1) is 0 Å². The average Bonchev–Trinajstić information content (AvgIpc) is 2.14. The Hall–Kier alpha value is -0.610. The third kappa shape index (κ3) is 6.86. The highest BCUT2D eigenvalue weighted by Crippen LogP contribution is 2.05. The summed E-state index contributed by atoms with van der Waals surface area (Å²) in [4.78, 5) is 10.4. The van der Waals surface area contributed by atoms with Crippen molar-refractivity contribution in [1.29, 1.82) is 0 Å². The zero-order valence-corrected chi connectivity index (χ0v) is 9.71. The number of hydrogen-bond acceptors (Lipinski definition) is 3. The van der Waals surface area contributed by atoms with E-state index in [0.29, 0.717) is 5.92 Å². The summed E-state index contributed by atoms with van der Waals surface area (Å²) in [6, 6.07) is 0. The lowest BCUT2D eigenvalue weighted by atomic mass is 10.1. The van der Waals surface area contributed by atoms with Gasteiger partial charge in [0.2, 0.25) is 6.41 Å². The van der Waals surface area contributed by atoms with Crippen LogP contribution in [0.15, 0.2) is 0 Å². The lowest BCUT2D eigenvalue weighted by molar-refractivity contribution is -0.110. The van der Waals surface area contributed by atoms with Gasteiger partial charge in [-0.2, -0.15) is 0 Å². The van der Waals surface area contributed by atoms with Crippen LogP contribution in [-0.2, 0) is 4.79 Å². The van der Waals surface area contributed by atoms with Gasteiger partial charge < -0.3 is 5.32 Å². The lowest BCUT2D eigenvalue weighted by Gasteiger charge is -2.24. The van der Waals surface area contributed by atoms with E-state index in [-0.39, 0.29) is 6.17 Å².